The number of ether oxygens (including phenoxy) is 1. The molecule has 0 saturated heterocycles. The van der Waals surface area contributed by atoms with Gasteiger partial charge in [-0.3, -0.25) is 4.98 Å². The topological polar surface area (TPSA) is 22.1 Å². The molecule has 0 atom stereocenters. The van der Waals surface area contributed by atoms with Gasteiger partial charge in [-0.15, -0.1) is 0 Å². The molecular formula is C18H23NO. The summed E-state index contributed by atoms with van der Waals surface area (Å²) < 4.78 is 6.26. The van der Waals surface area contributed by atoms with Gasteiger partial charge in [-0.2, -0.15) is 0 Å². The molecule has 0 amide bonds. The molecule has 3 rings (SSSR count). The van der Waals surface area contributed by atoms with Crippen LogP contribution in [-0.4, -0.2) is 11.1 Å². The average molecular weight is 269 g/mol. The van der Waals surface area contributed by atoms with Crippen molar-refractivity contribution in [3.63, 3.8) is 0 Å². The highest BCUT2D eigenvalue weighted by Crippen LogP contribution is 2.33. The number of benzene rings is 1. The van der Waals surface area contributed by atoms with Crippen LogP contribution in [0.1, 0.15) is 39.5 Å². The van der Waals surface area contributed by atoms with Crippen molar-refractivity contribution in [2.24, 2.45) is 11.8 Å². The van der Waals surface area contributed by atoms with Gasteiger partial charge in [-0.1, -0.05) is 26.0 Å². The Labute approximate surface area is 121 Å². The first kappa shape index (κ1) is 13.4. The van der Waals surface area contributed by atoms with E-state index in [1.165, 1.54) is 25.7 Å². The summed E-state index contributed by atoms with van der Waals surface area (Å²) in [6.07, 6.45) is 7.17. The molecule has 1 heterocycles. The molecule has 1 saturated carbocycles. The van der Waals surface area contributed by atoms with Gasteiger partial charge in [0, 0.05) is 11.6 Å². The lowest BCUT2D eigenvalue weighted by Crippen LogP contribution is -2.26. The molecule has 1 fully saturated rings. The maximum atomic E-state index is 6.26. The van der Waals surface area contributed by atoms with E-state index in [2.05, 4.69) is 24.9 Å². The second-order valence-corrected chi connectivity index (χ2v) is 6.22. The smallest absolute Gasteiger partial charge is 0.130 e. The number of nitrogens with zero attached hydrogens (tertiary/aromatic N) is 1. The molecule has 2 heteroatoms. The Balaban J connectivity index is 1.72. The van der Waals surface area contributed by atoms with Crippen LogP contribution in [0.15, 0.2) is 36.5 Å². The summed E-state index contributed by atoms with van der Waals surface area (Å²) in [6, 6.07) is 10.2. The normalized spacial score (nSPS) is 23.1. The van der Waals surface area contributed by atoms with Gasteiger partial charge in [0.25, 0.3) is 0 Å². The second-order valence-electron chi connectivity index (χ2n) is 6.22. The minimum atomic E-state index is 0.371. The first-order valence-corrected chi connectivity index (χ1v) is 7.74. The molecule has 106 valence electrons. The Morgan fingerprint density at radius 1 is 1.05 bits per heavy atom. The van der Waals surface area contributed by atoms with Crippen molar-refractivity contribution in [3.05, 3.63) is 36.5 Å². The molecular weight excluding hydrogens is 246 g/mol. The van der Waals surface area contributed by atoms with E-state index in [9.17, 15) is 0 Å². The number of hydrogen-bond acceptors (Lipinski definition) is 2. The van der Waals surface area contributed by atoms with Crippen molar-refractivity contribution >= 4 is 10.9 Å². The van der Waals surface area contributed by atoms with Crippen molar-refractivity contribution in [1.82, 2.24) is 4.98 Å². The Kier molecular flexibility index (Phi) is 3.90. The summed E-state index contributed by atoms with van der Waals surface area (Å²) in [4.78, 5) is 4.39. The highest BCUT2D eigenvalue weighted by Gasteiger charge is 2.24. The third kappa shape index (κ3) is 2.79. The van der Waals surface area contributed by atoms with Crippen LogP contribution in [-0.2, 0) is 0 Å². The van der Waals surface area contributed by atoms with Crippen LogP contribution in [0.25, 0.3) is 10.9 Å². The van der Waals surface area contributed by atoms with E-state index in [0.29, 0.717) is 6.10 Å². The van der Waals surface area contributed by atoms with Crippen molar-refractivity contribution in [2.45, 2.75) is 45.6 Å². The number of fused-ring (bicyclic) bond motifs is 1. The molecule has 0 radical (unpaired) electrons. The van der Waals surface area contributed by atoms with E-state index in [-0.39, 0.29) is 0 Å². The lowest BCUT2D eigenvalue weighted by atomic mass is 9.80. The zero-order chi connectivity index (χ0) is 13.9. The number of aromatic nitrogens is 1. The zero-order valence-electron chi connectivity index (χ0n) is 12.4. The lowest BCUT2D eigenvalue weighted by Gasteiger charge is -2.31. The molecule has 0 aliphatic heterocycles. The number of para-hydroxylation sites is 1. The quantitative estimate of drug-likeness (QED) is 0.796. The molecule has 2 aromatic rings. The van der Waals surface area contributed by atoms with E-state index < -0.39 is 0 Å². The molecule has 1 aromatic carbocycles. The minimum Gasteiger partial charge on any atom is -0.490 e. The zero-order valence-corrected chi connectivity index (χ0v) is 12.4. The lowest BCUT2D eigenvalue weighted by molar-refractivity contribution is 0.118. The van der Waals surface area contributed by atoms with Gasteiger partial charge in [0.1, 0.15) is 5.75 Å². The molecule has 2 nitrogen and oxygen atoms in total. The predicted molar refractivity (Wildman–Crippen MR) is 83.0 cm³/mol. The Morgan fingerprint density at radius 2 is 1.80 bits per heavy atom. The van der Waals surface area contributed by atoms with Crippen LogP contribution in [0, 0.1) is 11.8 Å². The molecule has 1 aromatic heterocycles. The molecule has 0 N–H and O–H groups in total. The number of pyridine rings is 1. The molecule has 0 spiro atoms. The van der Waals surface area contributed by atoms with Gasteiger partial charge in [-0.05, 0) is 55.7 Å². The van der Waals surface area contributed by atoms with E-state index in [4.69, 9.17) is 4.74 Å². The van der Waals surface area contributed by atoms with Gasteiger partial charge >= 0.3 is 0 Å². The first-order valence-electron chi connectivity index (χ1n) is 7.74. The van der Waals surface area contributed by atoms with Crippen LogP contribution < -0.4 is 4.74 Å². The monoisotopic (exact) mass is 269 g/mol. The molecule has 20 heavy (non-hydrogen) atoms. The van der Waals surface area contributed by atoms with Gasteiger partial charge in [0.05, 0.1) is 11.6 Å². The van der Waals surface area contributed by atoms with Crippen LogP contribution in [0.2, 0.25) is 0 Å². The largest absolute Gasteiger partial charge is 0.490 e. The van der Waals surface area contributed by atoms with E-state index >= 15 is 0 Å². The summed E-state index contributed by atoms with van der Waals surface area (Å²) in [5, 5.41) is 1.13. The standard InChI is InChI=1S/C18H23NO/c1-13(2)14-7-9-15(10-8-14)20-18-11-12-19-17-6-4-3-5-16(17)18/h3-6,11-15H,7-10H2,1-2H3. The summed E-state index contributed by atoms with van der Waals surface area (Å²) in [5.74, 6) is 2.67. The van der Waals surface area contributed by atoms with Crippen molar-refractivity contribution < 1.29 is 4.74 Å². The third-order valence-electron chi connectivity index (χ3n) is 4.56. The van der Waals surface area contributed by atoms with Crippen LogP contribution in [0.4, 0.5) is 0 Å². The minimum absolute atomic E-state index is 0.371. The van der Waals surface area contributed by atoms with Crippen LogP contribution in [0.3, 0.4) is 0 Å². The third-order valence-corrected chi connectivity index (χ3v) is 4.56. The first-order chi connectivity index (χ1) is 9.74. The number of hydrogen-bond donors (Lipinski definition) is 0. The summed E-state index contributed by atoms with van der Waals surface area (Å²) in [5.41, 5.74) is 1.01. The fourth-order valence-electron chi connectivity index (χ4n) is 3.23. The van der Waals surface area contributed by atoms with E-state index in [1.807, 2.05) is 30.5 Å². The van der Waals surface area contributed by atoms with Crippen molar-refractivity contribution in [1.29, 1.82) is 0 Å². The molecule has 0 bridgehead atoms. The summed E-state index contributed by atoms with van der Waals surface area (Å²) in [7, 11) is 0. The number of rotatable bonds is 3. The van der Waals surface area contributed by atoms with Crippen molar-refractivity contribution in [3.8, 4) is 5.75 Å². The fourth-order valence-corrected chi connectivity index (χ4v) is 3.23. The highest BCUT2D eigenvalue weighted by atomic mass is 16.5. The Bertz CT molecular complexity index is 565. The van der Waals surface area contributed by atoms with Gasteiger partial charge in [0.15, 0.2) is 0 Å². The highest BCUT2D eigenvalue weighted by molar-refractivity contribution is 5.84. The average Bonchev–Trinajstić information content (AvgIpc) is 2.48. The molecule has 0 unspecified atom stereocenters. The maximum Gasteiger partial charge on any atom is 0.130 e. The summed E-state index contributed by atoms with van der Waals surface area (Å²) in [6.45, 7) is 4.67. The Morgan fingerprint density at radius 3 is 2.55 bits per heavy atom. The molecule has 1 aliphatic carbocycles. The van der Waals surface area contributed by atoms with Crippen molar-refractivity contribution in [2.75, 3.05) is 0 Å². The van der Waals surface area contributed by atoms with Gasteiger partial charge < -0.3 is 4.74 Å². The Hall–Kier alpha value is -1.57. The van der Waals surface area contributed by atoms with Crippen LogP contribution >= 0.6 is 0 Å². The van der Waals surface area contributed by atoms with Gasteiger partial charge in [0.2, 0.25) is 0 Å². The van der Waals surface area contributed by atoms with Gasteiger partial charge in [-0.25, -0.2) is 0 Å². The molecule has 1 aliphatic rings. The van der Waals surface area contributed by atoms with E-state index in [0.717, 1.165) is 28.5 Å². The predicted octanol–water partition coefficient (Wildman–Crippen LogP) is 4.83. The SMILES string of the molecule is CC(C)C1CCC(Oc2ccnc3ccccc23)CC1. The fraction of sp³-hybridized carbons (Fsp3) is 0.500. The second kappa shape index (κ2) is 5.82. The summed E-state index contributed by atoms with van der Waals surface area (Å²) >= 11 is 0. The maximum absolute atomic E-state index is 6.26. The van der Waals surface area contributed by atoms with E-state index in [1.54, 1.807) is 0 Å². The van der Waals surface area contributed by atoms with Crippen LogP contribution in [0.5, 0.6) is 5.75 Å².